The first-order chi connectivity index (χ1) is 12.2. The van der Waals surface area contributed by atoms with E-state index in [1.165, 1.54) is 17.7 Å². The van der Waals surface area contributed by atoms with Gasteiger partial charge in [-0.1, -0.05) is 58.4 Å². The molecular formula is C21H16BrFN2. The first kappa shape index (κ1) is 16.0. The van der Waals surface area contributed by atoms with Gasteiger partial charge in [-0.05, 0) is 47.5 Å². The Morgan fingerprint density at radius 3 is 2.24 bits per heavy atom. The second-order valence-electron chi connectivity index (χ2n) is 6.01. The van der Waals surface area contributed by atoms with Crippen LogP contribution in [-0.2, 0) is 0 Å². The van der Waals surface area contributed by atoms with Crippen molar-refractivity contribution < 1.29 is 4.39 Å². The Hall–Kier alpha value is -2.46. The van der Waals surface area contributed by atoms with Gasteiger partial charge in [0.25, 0.3) is 0 Å². The molecule has 0 fully saturated rings. The number of para-hydroxylation sites is 1. The topological polar surface area (TPSA) is 15.6 Å². The lowest BCUT2D eigenvalue weighted by molar-refractivity contribution is 0.627. The molecule has 3 aromatic rings. The molecule has 0 radical (unpaired) electrons. The van der Waals surface area contributed by atoms with Crippen LogP contribution in [0.5, 0.6) is 0 Å². The molecule has 124 valence electrons. The fraction of sp³-hybridized carbons (Fsp3) is 0.0952. The maximum Gasteiger partial charge on any atom is 0.123 e. The smallest absolute Gasteiger partial charge is 0.123 e. The summed E-state index contributed by atoms with van der Waals surface area (Å²) in [4.78, 5) is 0. The number of anilines is 1. The zero-order valence-electron chi connectivity index (χ0n) is 13.4. The van der Waals surface area contributed by atoms with Crippen molar-refractivity contribution in [3.05, 3.63) is 100 Å². The predicted octanol–water partition coefficient (Wildman–Crippen LogP) is 5.94. The molecule has 1 aliphatic rings. The summed E-state index contributed by atoms with van der Waals surface area (Å²) in [5, 5.41) is 6.91. The molecule has 0 aromatic heterocycles. The van der Waals surface area contributed by atoms with Crippen LogP contribution in [0.4, 0.5) is 10.1 Å². The van der Waals surface area contributed by atoms with E-state index in [9.17, 15) is 4.39 Å². The number of halogens is 2. The van der Waals surface area contributed by atoms with Crippen molar-refractivity contribution in [2.45, 2.75) is 12.5 Å². The Morgan fingerprint density at radius 2 is 1.56 bits per heavy atom. The Morgan fingerprint density at radius 1 is 0.880 bits per heavy atom. The van der Waals surface area contributed by atoms with Crippen molar-refractivity contribution in [1.82, 2.24) is 0 Å². The normalized spacial score (nSPS) is 16.8. The number of nitrogens with zero attached hydrogens (tertiary/aromatic N) is 2. The molecule has 0 aliphatic carbocycles. The average Bonchev–Trinajstić information content (AvgIpc) is 3.09. The van der Waals surface area contributed by atoms with E-state index < -0.39 is 0 Å². The summed E-state index contributed by atoms with van der Waals surface area (Å²) in [5.74, 6) is -0.230. The molecule has 25 heavy (non-hydrogen) atoms. The molecule has 0 saturated heterocycles. The molecule has 1 aliphatic heterocycles. The molecule has 2 nitrogen and oxygen atoms in total. The molecule has 3 aromatic carbocycles. The lowest BCUT2D eigenvalue weighted by atomic mass is 9.98. The summed E-state index contributed by atoms with van der Waals surface area (Å²) in [7, 11) is 0. The van der Waals surface area contributed by atoms with Gasteiger partial charge in [-0.2, -0.15) is 5.10 Å². The van der Waals surface area contributed by atoms with Gasteiger partial charge in [-0.3, -0.25) is 5.01 Å². The van der Waals surface area contributed by atoms with Crippen molar-refractivity contribution in [2.75, 3.05) is 5.01 Å². The third kappa shape index (κ3) is 3.35. The molecule has 0 N–H and O–H groups in total. The van der Waals surface area contributed by atoms with Crippen molar-refractivity contribution in [2.24, 2.45) is 5.10 Å². The zero-order chi connectivity index (χ0) is 17.2. The molecule has 0 unspecified atom stereocenters. The van der Waals surface area contributed by atoms with Crippen LogP contribution in [0.15, 0.2) is 88.4 Å². The van der Waals surface area contributed by atoms with Crippen LogP contribution in [0.25, 0.3) is 0 Å². The summed E-state index contributed by atoms with van der Waals surface area (Å²) < 4.78 is 14.3. The van der Waals surface area contributed by atoms with E-state index in [0.29, 0.717) is 0 Å². The highest BCUT2D eigenvalue weighted by molar-refractivity contribution is 9.10. The average molecular weight is 395 g/mol. The Balaban J connectivity index is 1.73. The van der Waals surface area contributed by atoms with Crippen LogP contribution < -0.4 is 5.01 Å². The quantitative estimate of drug-likeness (QED) is 0.536. The third-order valence-electron chi connectivity index (χ3n) is 4.36. The van der Waals surface area contributed by atoms with Crippen molar-refractivity contribution >= 4 is 27.3 Å². The molecule has 0 bridgehead atoms. The van der Waals surface area contributed by atoms with Gasteiger partial charge in [0, 0.05) is 10.9 Å². The van der Waals surface area contributed by atoms with Crippen molar-refractivity contribution in [1.29, 1.82) is 0 Å². The van der Waals surface area contributed by atoms with E-state index in [1.807, 2.05) is 30.3 Å². The minimum absolute atomic E-state index is 0.121. The lowest BCUT2D eigenvalue weighted by Gasteiger charge is -2.24. The number of hydrazone groups is 1. The van der Waals surface area contributed by atoms with E-state index in [0.717, 1.165) is 27.9 Å². The van der Waals surface area contributed by atoms with Crippen LogP contribution in [0, 0.1) is 5.82 Å². The van der Waals surface area contributed by atoms with Crippen LogP contribution in [0.1, 0.15) is 23.6 Å². The van der Waals surface area contributed by atoms with E-state index in [2.05, 4.69) is 45.2 Å². The van der Waals surface area contributed by atoms with E-state index in [-0.39, 0.29) is 11.9 Å². The van der Waals surface area contributed by atoms with Crippen LogP contribution in [-0.4, -0.2) is 5.71 Å². The minimum atomic E-state index is -0.230. The van der Waals surface area contributed by atoms with Crippen LogP contribution in [0.2, 0.25) is 0 Å². The number of benzene rings is 3. The van der Waals surface area contributed by atoms with Gasteiger partial charge in [0.2, 0.25) is 0 Å². The zero-order valence-corrected chi connectivity index (χ0v) is 15.0. The highest BCUT2D eigenvalue weighted by Gasteiger charge is 2.29. The predicted molar refractivity (Wildman–Crippen MR) is 103 cm³/mol. The molecule has 0 saturated carbocycles. The van der Waals surface area contributed by atoms with Gasteiger partial charge in [0.05, 0.1) is 17.4 Å². The second-order valence-corrected chi connectivity index (χ2v) is 6.92. The summed E-state index contributed by atoms with van der Waals surface area (Å²) >= 11 is 3.49. The second kappa shape index (κ2) is 6.81. The highest BCUT2D eigenvalue weighted by Crippen LogP contribution is 2.36. The molecule has 4 heteroatoms. The number of hydrogen-bond acceptors (Lipinski definition) is 2. The van der Waals surface area contributed by atoms with Crippen LogP contribution >= 0.6 is 15.9 Å². The monoisotopic (exact) mass is 394 g/mol. The minimum Gasteiger partial charge on any atom is -0.257 e. The maximum absolute atomic E-state index is 13.2. The lowest BCUT2D eigenvalue weighted by Crippen LogP contribution is -2.18. The first-order valence-electron chi connectivity index (χ1n) is 8.14. The molecule has 1 heterocycles. The first-order valence-corrected chi connectivity index (χ1v) is 8.93. The van der Waals surface area contributed by atoms with Gasteiger partial charge in [0.15, 0.2) is 0 Å². The van der Waals surface area contributed by atoms with Gasteiger partial charge in [0.1, 0.15) is 5.82 Å². The van der Waals surface area contributed by atoms with Gasteiger partial charge in [-0.15, -0.1) is 0 Å². The number of hydrogen-bond donors (Lipinski definition) is 0. The molecule has 0 spiro atoms. The molecule has 0 amide bonds. The Bertz CT molecular complexity index is 889. The summed E-state index contributed by atoms with van der Waals surface area (Å²) in [6.45, 7) is 0. The van der Waals surface area contributed by atoms with E-state index in [1.54, 1.807) is 12.1 Å². The van der Waals surface area contributed by atoms with Crippen molar-refractivity contribution in [3.8, 4) is 0 Å². The SMILES string of the molecule is Fc1ccc(C2=NN(c3ccccc3)[C@H](c3ccc(Br)cc3)C2)cc1. The standard InChI is InChI=1S/C21H16BrFN2/c22-17-10-6-16(7-11-17)21-14-20(15-8-12-18(23)13-9-15)24-25(21)19-4-2-1-3-5-19/h1-13,21H,14H2/t21-/m0/s1. The summed E-state index contributed by atoms with van der Waals surface area (Å²) in [6, 6.07) is 25.2. The van der Waals surface area contributed by atoms with Crippen LogP contribution in [0.3, 0.4) is 0 Å². The third-order valence-corrected chi connectivity index (χ3v) is 4.89. The maximum atomic E-state index is 13.2. The van der Waals surface area contributed by atoms with E-state index >= 15 is 0 Å². The molecule has 4 rings (SSSR count). The highest BCUT2D eigenvalue weighted by atomic mass is 79.9. The van der Waals surface area contributed by atoms with Gasteiger partial charge in [-0.25, -0.2) is 4.39 Å². The van der Waals surface area contributed by atoms with E-state index in [4.69, 9.17) is 5.10 Å². The number of rotatable bonds is 3. The van der Waals surface area contributed by atoms with Gasteiger partial charge >= 0.3 is 0 Å². The van der Waals surface area contributed by atoms with Gasteiger partial charge < -0.3 is 0 Å². The largest absolute Gasteiger partial charge is 0.257 e. The summed E-state index contributed by atoms with van der Waals surface area (Å²) in [5.41, 5.74) is 4.18. The fourth-order valence-corrected chi connectivity index (χ4v) is 3.35. The Labute approximate surface area is 154 Å². The van der Waals surface area contributed by atoms with Crippen molar-refractivity contribution in [3.63, 3.8) is 0 Å². The molecular weight excluding hydrogens is 379 g/mol. The molecule has 1 atom stereocenters. The summed E-state index contributed by atoms with van der Waals surface area (Å²) in [6.07, 6.45) is 0.780. The fourth-order valence-electron chi connectivity index (χ4n) is 3.09. The Kier molecular flexibility index (Phi) is 4.36.